The van der Waals surface area contributed by atoms with Gasteiger partial charge in [-0.2, -0.15) is 0 Å². The van der Waals surface area contributed by atoms with Gasteiger partial charge in [0, 0.05) is 11.1 Å². The molecule has 0 atom stereocenters. The normalized spacial score (nSPS) is 10.6. The van der Waals surface area contributed by atoms with Gasteiger partial charge in [-0.25, -0.2) is 0 Å². The largest absolute Gasteiger partial charge is 0.398 e. The van der Waals surface area contributed by atoms with Crippen molar-refractivity contribution in [2.75, 3.05) is 5.73 Å². The van der Waals surface area contributed by atoms with E-state index >= 15 is 0 Å². The second kappa shape index (κ2) is 3.95. The predicted molar refractivity (Wildman–Crippen MR) is 73.8 cm³/mol. The number of nitrogens with two attached hydrogens (primary N) is 1. The van der Waals surface area contributed by atoms with E-state index in [0.717, 1.165) is 11.1 Å². The zero-order valence-corrected chi connectivity index (χ0v) is 9.43. The first-order valence-electron chi connectivity index (χ1n) is 5.69. The summed E-state index contributed by atoms with van der Waals surface area (Å²) in [5.74, 6) is 0. The van der Waals surface area contributed by atoms with E-state index < -0.39 is 0 Å². The minimum atomic E-state index is 0.835. The fraction of sp³-hybridized carbons (Fsp3) is 0. The van der Waals surface area contributed by atoms with Crippen molar-refractivity contribution in [3.8, 4) is 11.1 Å². The molecule has 0 aromatic heterocycles. The van der Waals surface area contributed by atoms with Gasteiger partial charge in [0.05, 0.1) is 0 Å². The van der Waals surface area contributed by atoms with Crippen LogP contribution in [0.1, 0.15) is 0 Å². The zero-order valence-electron chi connectivity index (χ0n) is 9.43. The lowest BCUT2D eigenvalue weighted by molar-refractivity contribution is 1.65. The molecule has 1 heteroatoms. The number of rotatable bonds is 1. The molecule has 0 unspecified atom stereocenters. The van der Waals surface area contributed by atoms with E-state index in [-0.39, 0.29) is 0 Å². The van der Waals surface area contributed by atoms with Crippen LogP contribution < -0.4 is 5.73 Å². The third-order valence-corrected chi connectivity index (χ3v) is 3.02. The predicted octanol–water partition coefficient (Wildman–Crippen LogP) is 4.09. The molecule has 3 aromatic carbocycles. The van der Waals surface area contributed by atoms with E-state index in [1.54, 1.807) is 0 Å². The van der Waals surface area contributed by atoms with Crippen molar-refractivity contribution in [1.82, 2.24) is 0 Å². The highest BCUT2D eigenvalue weighted by Crippen LogP contribution is 2.32. The Hall–Kier alpha value is -2.28. The van der Waals surface area contributed by atoms with E-state index in [0.29, 0.717) is 0 Å². The first kappa shape index (κ1) is 9.91. The van der Waals surface area contributed by atoms with Crippen molar-refractivity contribution in [1.29, 1.82) is 0 Å². The molecule has 3 aromatic rings. The van der Waals surface area contributed by atoms with E-state index in [1.807, 2.05) is 30.3 Å². The van der Waals surface area contributed by atoms with Gasteiger partial charge in [-0.05, 0) is 22.6 Å². The maximum Gasteiger partial charge on any atom is 0.0400 e. The minimum absolute atomic E-state index is 0.835. The van der Waals surface area contributed by atoms with Crippen LogP contribution in [0.15, 0.2) is 66.7 Å². The van der Waals surface area contributed by atoms with Crippen molar-refractivity contribution in [3.05, 3.63) is 66.7 Å². The van der Waals surface area contributed by atoms with Crippen molar-refractivity contribution >= 4 is 16.5 Å². The van der Waals surface area contributed by atoms with Gasteiger partial charge in [-0.1, -0.05) is 60.7 Å². The van der Waals surface area contributed by atoms with Gasteiger partial charge in [-0.3, -0.25) is 0 Å². The van der Waals surface area contributed by atoms with E-state index in [2.05, 4.69) is 36.4 Å². The second-order valence-corrected chi connectivity index (χ2v) is 4.12. The highest BCUT2D eigenvalue weighted by atomic mass is 14.5. The van der Waals surface area contributed by atoms with Gasteiger partial charge in [-0.15, -0.1) is 0 Å². The van der Waals surface area contributed by atoms with Crippen LogP contribution in [0.2, 0.25) is 0 Å². The Labute approximate surface area is 101 Å². The molecule has 0 bridgehead atoms. The topological polar surface area (TPSA) is 26.0 Å². The van der Waals surface area contributed by atoms with Crippen LogP contribution >= 0.6 is 0 Å². The number of hydrogen-bond acceptors (Lipinski definition) is 1. The van der Waals surface area contributed by atoms with Gasteiger partial charge < -0.3 is 5.73 Å². The summed E-state index contributed by atoms with van der Waals surface area (Å²) in [6, 6.07) is 22.7. The van der Waals surface area contributed by atoms with Gasteiger partial charge >= 0.3 is 0 Å². The number of anilines is 1. The molecule has 0 saturated carbocycles. The standard InChI is InChI=1S/C16H13N/c17-15-11-5-9-13-8-4-10-14(16(13)15)12-6-2-1-3-7-12/h1-11H,17H2. The third-order valence-electron chi connectivity index (χ3n) is 3.02. The van der Waals surface area contributed by atoms with Crippen LogP contribution in [0, 0.1) is 0 Å². The molecule has 1 nitrogen and oxygen atoms in total. The van der Waals surface area contributed by atoms with Gasteiger partial charge in [0.15, 0.2) is 0 Å². The van der Waals surface area contributed by atoms with Gasteiger partial charge in [0.1, 0.15) is 0 Å². The molecule has 0 radical (unpaired) electrons. The van der Waals surface area contributed by atoms with Crippen molar-refractivity contribution < 1.29 is 0 Å². The number of hydrogen-bond donors (Lipinski definition) is 1. The number of fused-ring (bicyclic) bond motifs is 1. The number of nitrogen functional groups attached to an aromatic ring is 1. The molecule has 0 spiro atoms. The van der Waals surface area contributed by atoms with Crippen LogP contribution in [0.4, 0.5) is 5.69 Å². The molecule has 0 aliphatic carbocycles. The molecule has 0 amide bonds. The summed E-state index contributed by atoms with van der Waals surface area (Å²) < 4.78 is 0. The SMILES string of the molecule is Nc1cccc2cccc(-c3ccccc3)c12. The Balaban J connectivity index is 2.38. The van der Waals surface area contributed by atoms with Crippen LogP contribution in [-0.4, -0.2) is 0 Å². The zero-order chi connectivity index (χ0) is 11.7. The Morgan fingerprint density at radius 1 is 0.647 bits per heavy atom. The lowest BCUT2D eigenvalue weighted by Gasteiger charge is -2.09. The molecule has 0 aliphatic heterocycles. The summed E-state index contributed by atoms with van der Waals surface area (Å²) in [6.07, 6.45) is 0. The monoisotopic (exact) mass is 219 g/mol. The summed E-state index contributed by atoms with van der Waals surface area (Å²) in [5, 5.41) is 2.33. The molecule has 2 N–H and O–H groups in total. The third kappa shape index (κ3) is 1.66. The molecule has 0 aliphatic rings. The number of benzene rings is 3. The summed E-state index contributed by atoms with van der Waals surface area (Å²) >= 11 is 0. The molecule has 82 valence electrons. The quantitative estimate of drug-likeness (QED) is 0.613. The Kier molecular flexibility index (Phi) is 2.30. The molecule has 17 heavy (non-hydrogen) atoms. The Morgan fingerprint density at radius 2 is 1.35 bits per heavy atom. The minimum Gasteiger partial charge on any atom is -0.398 e. The molecular formula is C16H13N. The van der Waals surface area contributed by atoms with E-state index in [9.17, 15) is 0 Å². The average molecular weight is 219 g/mol. The van der Waals surface area contributed by atoms with Crippen LogP contribution in [-0.2, 0) is 0 Å². The van der Waals surface area contributed by atoms with Crippen LogP contribution in [0.5, 0.6) is 0 Å². The van der Waals surface area contributed by atoms with Crippen molar-refractivity contribution in [2.24, 2.45) is 0 Å². The second-order valence-electron chi connectivity index (χ2n) is 4.12. The lowest BCUT2D eigenvalue weighted by atomic mass is 9.97. The smallest absolute Gasteiger partial charge is 0.0400 e. The maximum absolute atomic E-state index is 6.09. The molecule has 0 saturated heterocycles. The summed E-state index contributed by atoms with van der Waals surface area (Å²) in [4.78, 5) is 0. The summed E-state index contributed by atoms with van der Waals surface area (Å²) in [5.41, 5.74) is 9.33. The Morgan fingerprint density at radius 3 is 2.12 bits per heavy atom. The first-order valence-corrected chi connectivity index (χ1v) is 5.69. The highest BCUT2D eigenvalue weighted by Gasteiger charge is 2.05. The van der Waals surface area contributed by atoms with E-state index in [1.165, 1.54) is 16.5 Å². The molecular weight excluding hydrogens is 206 g/mol. The highest BCUT2D eigenvalue weighted by molar-refractivity contribution is 6.04. The van der Waals surface area contributed by atoms with Gasteiger partial charge in [0.25, 0.3) is 0 Å². The van der Waals surface area contributed by atoms with Crippen LogP contribution in [0.25, 0.3) is 21.9 Å². The maximum atomic E-state index is 6.09. The summed E-state index contributed by atoms with van der Waals surface area (Å²) in [6.45, 7) is 0. The molecule has 0 fully saturated rings. The molecule has 3 rings (SSSR count). The Bertz CT molecular complexity index is 651. The first-order chi connectivity index (χ1) is 8.36. The molecule has 0 heterocycles. The summed E-state index contributed by atoms with van der Waals surface area (Å²) in [7, 11) is 0. The fourth-order valence-electron chi connectivity index (χ4n) is 2.23. The van der Waals surface area contributed by atoms with Gasteiger partial charge in [0.2, 0.25) is 0 Å². The van der Waals surface area contributed by atoms with Crippen LogP contribution in [0.3, 0.4) is 0 Å². The van der Waals surface area contributed by atoms with E-state index in [4.69, 9.17) is 5.73 Å². The van der Waals surface area contributed by atoms with Crippen molar-refractivity contribution in [2.45, 2.75) is 0 Å². The fourth-order valence-corrected chi connectivity index (χ4v) is 2.23. The van der Waals surface area contributed by atoms with Crippen molar-refractivity contribution in [3.63, 3.8) is 0 Å². The average Bonchev–Trinajstić information content (AvgIpc) is 2.39. The lowest BCUT2D eigenvalue weighted by Crippen LogP contribution is -1.89.